The predicted octanol–water partition coefficient (Wildman–Crippen LogP) is 3.31. The Morgan fingerprint density at radius 2 is 1.67 bits per heavy atom. The van der Waals surface area contributed by atoms with Crippen molar-refractivity contribution >= 4 is 5.69 Å². The maximum Gasteiger partial charge on any atom is 0.146 e. The number of hydrogen-bond acceptors (Lipinski definition) is 3. The molecule has 2 aromatic rings. The molecule has 3 rings (SSSR count). The van der Waals surface area contributed by atoms with Crippen molar-refractivity contribution in [2.24, 2.45) is 0 Å². The summed E-state index contributed by atoms with van der Waals surface area (Å²) in [6.45, 7) is 3.16. The van der Waals surface area contributed by atoms with Crippen LogP contribution in [-0.4, -0.2) is 41.8 Å². The van der Waals surface area contributed by atoms with Crippen LogP contribution in [0.4, 0.5) is 10.1 Å². The first-order chi connectivity index (χ1) is 11.6. The zero-order valence-corrected chi connectivity index (χ0v) is 13.9. The molecular formula is C20H25FN2O. The summed E-state index contributed by atoms with van der Waals surface area (Å²) in [4.78, 5) is 2.39. The fourth-order valence-corrected chi connectivity index (χ4v) is 3.17. The second kappa shape index (κ2) is 7.77. The summed E-state index contributed by atoms with van der Waals surface area (Å²) in [5.41, 5.74) is 1.04. The fraction of sp³-hybridized carbons (Fsp3) is 0.400. The van der Waals surface area contributed by atoms with E-state index in [1.165, 1.54) is 11.6 Å². The summed E-state index contributed by atoms with van der Waals surface area (Å²) in [6.07, 6.45) is 2.46. The van der Waals surface area contributed by atoms with Crippen molar-refractivity contribution in [1.29, 1.82) is 0 Å². The van der Waals surface area contributed by atoms with Crippen LogP contribution in [0.2, 0.25) is 0 Å². The molecule has 0 unspecified atom stereocenters. The van der Waals surface area contributed by atoms with E-state index in [1.54, 1.807) is 18.2 Å². The molecule has 0 aliphatic carbocycles. The lowest BCUT2D eigenvalue weighted by Gasteiger charge is -2.38. The monoisotopic (exact) mass is 328 g/mol. The molecule has 0 saturated carbocycles. The first kappa shape index (κ1) is 16.9. The highest BCUT2D eigenvalue weighted by Gasteiger charge is 2.32. The highest BCUT2D eigenvalue weighted by molar-refractivity contribution is 5.44. The molecule has 4 heteroatoms. The molecule has 3 nitrogen and oxygen atoms in total. The van der Waals surface area contributed by atoms with Gasteiger partial charge in [-0.3, -0.25) is 0 Å². The van der Waals surface area contributed by atoms with E-state index in [0.29, 0.717) is 25.1 Å². The third kappa shape index (κ3) is 4.56. The molecule has 2 aromatic carbocycles. The average Bonchev–Trinajstić information content (AvgIpc) is 2.62. The van der Waals surface area contributed by atoms with Crippen molar-refractivity contribution in [1.82, 2.24) is 4.90 Å². The Kier molecular flexibility index (Phi) is 5.48. The molecule has 0 spiro atoms. The van der Waals surface area contributed by atoms with Gasteiger partial charge in [0.05, 0.1) is 11.3 Å². The van der Waals surface area contributed by atoms with Gasteiger partial charge >= 0.3 is 0 Å². The summed E-state index contributed by atoms with van der Waals surface area (Å²) >= 11 is 0. The Bertz CT molecular complexity index is 639. The molecule has 24 heavy (non-hydrogen) atoms. The molecule has 1 heterocycles. The van der Waals surface area contributed by atoms with Gasteiger partial charge < -0.3 is 15.3 Å². The molecule has 0 bridgehead atoms. The highest BCUT2D eigenvalue weighted by atomic mass is 19.1. The Morgan fingerprint density at radius 3 is 2.38 bits per heavy atom. The van der Waals surface area contributed by atoms with Crippen LogP contribution in [0.5, 0.6) is 0 Å². The SMILES string of the molecule is OC1(CNc2ccccc2F)CCN(CCc2ccccc2)CC1. The van der Waals surface area contributed by atoms with Gasteiger partial charge in [-0.15, -0.1) is 0 Å². The first-order valence-corrected chi connectivity index (χ1v) is 8.62. The van der Waals surface area contributed by atoms with E-state index < -0.39 is 5.60 Å². The third-order valence-electron chi connectivity index (χ3n) is 4.83. The van der Waals surface area contributed by atoms with E-state index in [0.717, 1.165) is 26.1 Å². The number of anilines is 1. The van der Waals surface area contributed by atoms with Crippen LogP contribution in [0.25, 0.3) is 0 Å². The van der Waals surface area contributed by atoms with Gasteiger partial charge in [0.2, 0.25) is 0 Å². The summed E-state index contributed by atoms with van der Waals surface area (Å²) in [6, 6.07) is 17.1. The number of aliphatic hydroxyl groups is 1. The molecule has 2 N–H and O–H groups in total. The van der Waals surface area contributed by atoms with Crippen molar-refractivity contribution < 1.29 is 9.50 Å². The molecule has 128 valence electrons. The second-order valence-corrected chi connectivity index (χ2v) is 6.63. The molecule has 0 radical (unpaired) electrons. The normalized spacial score (nSPS) is 17.6. The van der Waals surface area contributed by atoms with Gasteiger partial charge in [-0.05, 0) is 37.0 Å². The van der Waals surface area contributed by atoms with Gasteiger partial charge in [0.15, 0.2) is 0 Å². The topological polar surface area (TPSA) is 35.5 Å². The Morgan fingerprint density at radius 1 is 1.00 bits per heavy atom. The zero-order chi connectivity index (χ0) is 16.8. The zero-order valence-electron chi connectivity index (χ0n) is 13.9. The number of rotatable bonds is 6. The number of nitrogens with one attached hydrogen (secondary N) is 1. The quantitative estimate of drug-likeness (QED) is 0.854. The van der Waals surface area contributed by atoms with Gasteiger partial charge in [0.1, 0.15) is 5.82 Å². The van der Waals surface area contributed by atoms with Crippen molar-refractivity contribution in [2.75, 3.05) is 31.5 Å². The number of piperidine rings is 1. The van der Waals surface area contributed by atoms with Crippen LogP contribution < -0.4 is 5.32 Å². The first-order valence-electron chi connectivity index (χ1n) is 8.62. The molecule has 1 aliphatic rings. The molecule has 1 aliphatic heterocycles. The van der Waals surface area contributed by atoms with Gasteiger partial charge in [-0.25, -0.2) is 4.39 Å². The third-order valence-corrected chi connectivity index (χ3v) is 4.83. The van der Waals surface area contributed by atoms with E-state index >= 15 is 0 Å². The van der Waals surface area contributed by atoms with E-state index in [9.17, 15) is 9.50 Å². The molecule has 0 amide bonds. The highest BCUT2D eigenvalue weighted by Crippen LogP contribution is 2.24. The van der Waals surface area contributed by atoms with Gasteiger partial charge in [-0.1, -0.05) is 42.5 Å². The molecule has 1 fully saturated rings. The minimum atomic E-state index is -0.758. The largest absolute Gasteiger partial charge is 0.388 e. The smallest absolute Gasteiger partial charge is 0.146 e. The Labute approximate surface area is 143 Å². The lowest BCUT2D eigenvalue weighted by Crippen LogP contribution is -2.48. The maximum atomic E-state index is 13.6. The van der Waals surface area contributed by atoms with Crippen molar-refractivity contribution in [3.63, 3.8) is 0 Å². The van der Waals surface area contributed by atoms with Gasteiger partial charge in [-0.2, -0.15) is 0 Å². The van der Waals surface area contributed by atoms with Crippen molar-refractivity contribution in [2.45, 2.75) is 24.9 Å². The van der Waals surface area contributed by atoms with Crippen LogP contribution in [-0.2, 0) is 6.42 Å². The van der Waals surface area contributed by atoms with E-state index in [-0.39, 0.29) is 5.82 Å². The van der Waals surface area contributed by atoms with E-state index in [1.807, 2.05) is 6.07 Å². The Hall–Kier alpha value is -1.91. The minimum absolute atomic E-state index is 0.276. The van der Waals surface area contributed by atoms with Crippen LogP contribution in [0.3, 0.4) is 0 Å². The maximum absolute atomic E-state index is 13.6. The number of para-hydroxylation sites is 1. The Balaban J connectivity index is 1.44. The van der Waals surface area contributed by atoms with E-state index in [4.69, 9.17) is 0 Å². The fourth-order valence-electron chi connectivity index (χ4n) is 3.17. The van der Waals surface area contributed by atoms with Gasteiger partial charge in [0, 0.05) is 26.2 Å². The second-order valence-electron chi connectivity index (χ2n) is 6.63. The number of nitrogens with zero attached hydrogens (tertiary/aromatic N) is 1. The summed E-state index contributed by atoms with van der Waals surface area (Å²) in [5.74, 6) is -0.276. The van der Waals surface area contributed by atoms with Crippen molar-refractivity contribution in [3.8, 4) is 0 Å². The lowest BCUT2D eigenvalue weighted by molar-refractivity contribution is -0.00974. The van der Waals surface area contributed by atoms with Crippen molar-refractivity contribution in [3.05, 3.63) is 66.0 Å². The van der Waals surface area contributed by atoms with Gasteiger partial charge in [0.25, 0.3) is 0 Å². The number of hydrogen-bond donors (Lipinski definition) is 2. The molecular weight excluding hydrogens is 303 g/mol. The van der Waals surface area contributed by atoms with Crippen LogP contribution in [0.1, 0.15) is 18.4 Å². The number of likely N-dealkylation sites (tertiary alicyclic amines) is 1. The molecule has 1 saturated heterocycles. The van der Waals surface area contributed by atoms with Crippen LogP contribution >= 0.6 is 0 Å². The minimum Gasteiger partial charge on any atom is -0.388 e. The van der Waals surface area contributed by atoms with Crippen LogP contribution in [0.15, 0.2) is 54.6 Å². The van der Waals surface area contributed by atoms with E-state index in [2.05, 4.69) is 34.5 Å². The summed E-state index contributed by atoms with van der Waals surface area (Å²) < 4.78 is 13.6. The summed E-state index contributed by atoms with van der Waals surface area (Å²) in [5, 5.41) is 13.8. The standard InChI is InChI=1S/C20H25FN2O/c21-18-8-4-5-9-19(18)22-16-20(24)11-14-23(15-12-20)13-10-17-6-2-1-3-7-17/h1-9,22,24H,10-16H2. The molecule has 0 atom stereocenters. The lowest BCUT2D eigenvalue weighted by atomic mass is 9.91. The number of benzene rings is 2. The van der Waals surface area contributed by atoms with Crippen LogP contribution in [0, 0.1) is 5.82 Å². The molecule has 0 aromatic heterocycles. The summed E-state index contributed by atoms with van der Waals surface area (Å²) in [7, 11) is 0. The predicted molar refractivity (Wildman–Crippen MR) is 95.7 cm³/mol. The average molecular weight is 328 g/mol. The number of halogens is 1.